The number of nitrogens with one attached hydrogen (secondary N) is 1. The van der Waals surface area contributed by atoms with E-state index in [0.29, 0.717) is 17.3 Å². The number of hydrogen-bond acceptors (Lipinski definition) is 5. The van der Waals surface area contributed by atoms with Gasteiger partial charge in [-0.25, -0.2) is 9.97 Å². The van der Waals surface area contributed by atoms with Gasteiger partial charge < -0.3 is 5.32 Å². The van der Waals surface area contributed by atoms with E-state index in [9.17, 15) is 5.26 Å². The smallest absolute Gasteiger partial charge is 0.188 e. The van der Waals surface area contributed by atoms with Gasteiger partial charge in [0.15, 0.2) is 5.13 Å². The second kappa shape index (κ2) is 4.57. The van der Waals surface area contributed by atoms with Crippen LogP contribution in [0.1, 0.15) is 47.7 Å². The zero-order valence-electron chi connectivity index (χ0n) is 11.0. The molecule has 0 unspecified atom stereocenters. The number of fused-ring (bicyclic) bond motifs is 1. The third-order valence-corrected chi connectivity index (χ3v) is 4.69. The zero-order valence-corrected chi connectivity index (χ0v) is 11.8. The number of nitrogens with zero attached hydrogens (tertiary/aromatic N) is 3. The third kappa shape index (κ3) is 2.06. The third-order valence-electron chi connectivity index (χ3n) is 3.91. The lowest BCUT2D eigenvalue weighted by Crippen LogP contribution is -2.00. The Morgan fingerprint density at radius 1 is 1.30 bits per heavy atom. The molecule has 4 nitrogen and oxygen atoms in total. The summed E-state index contributed by atoms with van der Waals surface area (Å²) in [5, 5.41) is 15.5. The van der Waals surface area contributed by atoms with Crippen LogP contribution >= 0.6 is 11.3 Å². The first-order valence-electron chi connectivity index (χ1n) is 6.99. The van der Waals surface area contributed by atoms with Crippen LogP contribution in [-0.4, -0.2) is 9.97 Å². The molecule has 2 aromatic rings. The van der Waals surface area contributed by atoms with E-state index in [1.165, 1.54) is 24.1 Å². The second-order valence-corrected chi connectivity index (χ2v) is 6.29. The fourth-order valence-corrected chi connectivity index (χ4v) is 3.46. The molecule has 0 amide bonds. The van der Waals surface area contributed by atoms with Gasteiger partial charge in [0.2, 0.25) is 0 Å². The van der Waals surface area contributed by atoms with Gasteiger partial charge in [0, 0.05) is 17.0 Å². The molecule has 0 radical (unpaired) electrons. The van der Waals surface area contributed by atoms with Crippen molar-refractivity contribution in [2.45, 2.75) is 38.0 Å². The van der Waals surface area contributed by atoms with Gasteiger partial charge in [-0.2, -0.15) is 5.26 Å². The molecule has 2 heterocycles. The summed E-state index contributed by atoms with van der Waals surface area (Å²) in [6.07, 6.45) is 5.70. The van der Waals surface area contributed by atoms with Gasteiger partial charge in [-0.05, 0) is 43.7 Å². The van der Waals surface area contributed by atoms with Gasteiger partial charge in [0.05, 0.1) is 11.3 Å². The number of aryl methyl sites for hydroxylation is 2. The van der Waals surface area contributed by atoms with E-state index >= 15 is 0 Å². The van der Waals surface area contributed by atoms with E-state index in [-0.39, 0.29) is 0 Å². The minimum Gasteiger partial charge on any atom is -0.315 e. The van der Waals surface area contributed by atoms with Gasteiger partial charge in [-0.1, -0.05) is 0 Å². The number of aromatic nitrogens is 2. The van der Waals surface area contributed by atoms with Crippen LogP contribution in [0.25, 0.3) is 0 Å². The molecule has 0 aliphatic heterocycles. The molecular weight excluding hydrogens is 268 g/mol. The number of rotatable bonds is 3. The summed E-state index contributed by atoms with van der Waals surface area (Å²) in [4.78, 5) is 9.22. The molecule has 1 fully saturated rings. The Bertz CT molecular complexity index is 709. The van der Waals surface area contributed by atoms with Gasteiger partial charge in [-0.15, -0.1) is 11.3 Å². The van der Waals surface area contributed by atoms with Gasteiger partial charge >= 0.3 is 0 Å². The number of hydrogen-bond donors (Lipinski definition) is 1. The maximum absolute atomic E-state index is 9.28. The molecule has 5 heteroatoms. The fourth-order valence-electron chi connectivity index (χ4n) is 2.66. The summed E-state index contributed by atoms with van der Waals surface area (Å²) in [5.41, 5.74) is 4.15. The highest BCUT2D eigenvalue weighted by atomic mass is 32.1. The molecule has 20 heavy (non-hydrogen) atoms. The summed E-state index contributed by atoms with van der Waals surface area (Å²) in [5.74, 6) is 1.31. The molecule has 0 aromatic carbocycles. The first-order chi connectivity index (χ1) is 9.83. The molecule has 2 aromatic heterocycles. The van der Waals surface area contributed by atoms with Crippen LogP contribution in [0, 0.1) is 11.3 Å². The Hall–Kier alpha value is -1.93. The predicted octanol–water partition coefficient (Wildman–Crippen LogP) is 3.52. The average Bonchev–Trinajstić information content (AvgIpc) is 3.04. The minimum atomic E-state index is 0.619. The van der Waals surface area contributed by atoms with E-state index in [1.807, 2.05) is 6.07 Å². The molecular formula is C15H14N4S. The van der Waals surface area contributed by atoms with Crippen LogP contribution in [0.4, 0.5) is 10.9 Å². The van der Waals surface area contributed by atoms with Crippen LogP contribution in [0.2, 0.25) is 0 Å². The topological polar surface area (TPSA) is 61.6 Å². The van der Waals surface area contributed by atoms with Crippen molar-refractivity contribution in [2.75, 3.05) is 5.32 Å². The van der Waals surface area contributed by atoms with Crippen molar-refractivity contribution in [3.8, 4) is 6.07 Å². The molecule has 2 aliphatic rings. The molecule has 0 bridgehead atoms. The van der Waals surface area contributed by atoms with Gasteiger partial charge in [0.1, 0.15) is 11.9 Å². The normalized spacial score (nSPS) is 16.8. The number of nitriles is 1. The zero-order chi connectivity index (χ0) is 13.5. The average molecular weight is 282 g/mol. The predicted molar refractivity (Wildman–Crippen MR) is 78.3 cm³/mol. The summed E-state index contributed by atoms with van der Waals surface area (Å²) in [7, 11) is 0. The number of anilines is 2. The van der Waals surface area contributed by atoms with Crippen LogP contribution in [-0.2, 0) is 12.8 Å². The molecule has 100 valence electrons. The molecule has 2 aliphatic carbocycles. The highest BCUT2D eigenvalue weighted by Crippen LogP contribution is 2.41. The SMILES string of the molecule is N#Cc1cc2c(nc1Nc1nc(C3CC3)cs1)CCC2. The Balaban J connectivity index is 1.65. The van der Waals surface area contributed by atoms with Crippen molar-refractivity contribution in [1.29, 1.82) is 5.26 Å². The van der Waals surface area contributed by atoms with Crippen molar-refractivity contribution in [2.24, 2.45) is 0 Å². The highest BCUT2D eigenvalue weighted by Gasteiger charge is 2.26. The van der Waals surface area contributed by atoms with Crippen molar-refractivity contribution >= 4 is 22.3 Å². The van der Waals surface area contributed by atoms with Crippen molar-refractivity contribution in [3.05, 3.63) is 34.0 Å². The monoisotopic (exact) mass is 282 g/mol. The summed E-state index contributed by atoms with van der Waals surface area (Å²) in [6, 6.07) is 4.22. The Morgan fingerprint density at radius 2 is 2.20 bits per heavy atom. The minimum absolute atomic E-state index is 0.619. The fraction of sp³-hybridized carbons (Fsp3) is 0.400. The Kier molecular flexibility index (Phi) is 2.71. The van der Waals surface area contributed by atoms with E-state index in [1.54, 1.807) is 11.3 Å². The quantitative estimate of drug-likeness (QED) is 0.935. The van der Waals surface area contributed by atoms with Crippen molar-refractivity contribution < 1.29 is 0 Å². The van der Waals surface area contributed by atoms with E-state index in [4.69, 9.17) is 0 Å². The van der Waals surface area contributed by atoms with Gasteiger partial charge in [-0.3, -0.25) is 0 Å². The van der Waals surface area contributed by atoms with Crippen LogP contribution in [0.15, 0.2) is 11.4 Å². The summed E-state index contributed by atoms with van der Waals surface area (Å²) >= 11 is 1.59. The van der Waals surface area contributed by atoms with Crippen LogP contribution in [0.3, 0.4) is 0 Å². The maximum Gasteiger partial charge on any atom is 0.188 e. The van der Waals surface area contributed by atoms with E-state index < -0.39 is 0 Å². The van der Waals surface area contributed by atoms with Crippen LogP contribution in [0.5, 0.6) is 0 Å². The standard InChI is InChI=1S/C15H14N4S/c16-7-11-6-10-2-1-3-12(10)17-14(11)19-15-18-13(8-20-15)9-4-5-9/h6,8-9H,1-5H2,(H,17,18,19). The lowest BCUT2D eigenvalue weighted by Gasteiger charge is -2.07. The van der Waals surface area contributed by atoms with E-state index in [2.05, 4.69) is 26.7 Å². The second-order valence-electron chi connectivity index (χ2n) is 5.43. The highest BCUT2D eigenvalue weighted by molar-refractivity contribution is 7.13. The lowest BCUT2D eigenvalue weighted by molar-refractivity contribution is 0.900. The van der Waals surface area contributed by atoms with Crippen LogP contribution < -0.4 is 5.32 Å². The first-order valence-corrected chi connectivity index (χ1v) is 7.87. The molecule has 1 N–H and O–H groups in total. The first kappa shape index (κ1) is 11.9. The molecule has 0 atom stereocenters. The Morgan fingerprint density at radius 3 is 3.00 bits per heavy atom. The van der Waals surface area contributed by atoms with Crippen molar-refractivity contribution in [1.82, 2.24) is 9.97 Å². The number of thiazole rings is 1. The molecule has 1 saturated carbocycles. The van der Waals surface area contributed by atoms with Crippen molar-refractivity contribution in [3.63, 3.8) is 0 Å². The maximum atomic E-state index is 9.28. The number of pyridine rings is 1. The molecule has 4 rings (SSSR count). The largest absolute Gasteiger partial charge is 0.315 e. The van der Waals surface area contributed by atoms with E-state index in [0.717, 1.165) is 30.1 Å². The summed E-state index contributed by atoms with van der Waals surface area (Å²) < 4.78 is 0. The lowest BCUT2D eigenvalue weighted by atomic mass is 10.1. The van der Waals surface area contributed by atoms with Gasteiger partial charge in [0.25, 0.3) is 0 Å². The molecule has 0 saturated heterocycles. The molecule has 0 spiro atoms. The Labute approximate surface area is 121 Å². The summed E-state index contributed by atoms with van der Waals surface area (Å²) in [6.45, 7) is 0.